The molecule has 0 amide bonds. The molecule has 0 spiro atoms. The third-order valence-corrected chi connectivity index (χ3v) is 3.37. The molecule has 94 valence electrons. The summed E-state index contributed by atoms with van der Waals surface area (Å²) in [5, 5.41) is 3.49. The highest BCUT2D eigenvalue weighted by molar-refractivity contribution is 5.18. The van der Waals surface area contributed by atoms with Gasteiger partial charge >= 0.3 is 0 Å². The minimum atomic E-state index is -0.478. The zero-order valence-electron chi connectivity index (χ0n) is 10.0. The Morgan fingerprint density at radius 2 is 1.82 bits per heavy atom. The van der Waals surface area contributed by atoms with Crippen LogP contribution in [-0.4, -0.2) is 12.6 Å². The number of rotatable bonds is 3. The Morgan fingerprint density at radius 1 is 1.06 bits per heavy atom. The average Bonchev–Trinajstić information content (AvgIpc) is 2.53. The van der Waals surface area contributed by atoms with Gasteiger partial charge in [-0.15, -0.1) is 0 Å². The van der Waals surface area contributed by atoms with Gasteiger partial charge in [0.2, 0.25) is 0 Å². The van der Waals surface area contributed by atoms with Crippen molar-refractivity contribution in [1.82, 2.24) is 5.32 Å². The van der Waals surface area contributed by atoms with Crippen molar-refractivity contribution in [3.05, 3.63) is 35.4 Å². The third-order valence-electron chi connectivity index (χ3n) is 3.37. The van der Waals surface area contributed by atoms with Gasteiger partial charge in [0, 0.05) is 12.1 Å². The quantitative estimate of drug-likeness (QED) is 0.852. The molecular weight excluding hydrogens is 220 g/mol. The molecule has 0 radical (unpaired) electrons. The second-order valence-corrected chi connectivity index (χ2v) is 4.82. The maximum Gasteiger partial charge on any atom is 0.126 e. The minimum Gasteiger partial charge on any atom is -0.314 e. The van der Waals surface area contributed by atoms with Gasteiger partial charge in [-0.2, -0.15) is 0 Å². The molecule has 0 aliphatic carbocycles. The Bertz CT molecular complexity index is 337. The molecule has 1 heterocycles. The van der Waals surface area contributed by atoms with Crippen LogP contribution in [0.15, 0.2) is 18.2 Å². The fourth-order valence-corrected chi connectivity index (χ4v) is 2.44. The Kier molecular flexibility index (Phi) is 4.49. The molecule has 1 aromatic carbocycles. The second kappa shape index (κ2) is 6.10. The van der Waals surface area contributed by atoms with E-state index in [9.17, 15) is 8.78 Å². The highest BCUT2D eigenvalue weighted by atomic mass is 19.1. The first-order valence-corrected chi connectivity index (χ1v) is 6.42. The molecule has 1 aliphatic heterocycles. The van der Waals surface area contributed by atoms with Crippen molar-refractivity contribution < 1.29 is 8.78 Å². The Morgan fingerprint density at radius 3 is 2.59 bits per heavy atom. The third kappa shape index (κ3) is 4.08. The molecule has 1 unspecified atom stereocenters. The molecule has 3 heteroatoms. The van der Waals surface area contributed by atoms with Crippen LogP contribution in [0.3, 0.4) is 0 Å². The van der Waals surface area contributed by atoms with E-state index >= 15 is 0 Å². The molecule has 0 bridgehead atoms. The van der Waals surface area contributed by atoms with Gasteiger partial charge in [-0.1, -0.05) is 12.8 Å². The normalized spacial score (nSPS) is 21.2. The van der Waals surface area contributed by atoms with Crippen molar-refractivity contribution in [3.63, 3.8) is 0 Å². The number of hydrogen-bond donors (Lipinski definition) is 1. The zero-order valence-corrected chi connectivity index (χ0v) is 10.0. The van der Waals surface area contributed by atoms with Crippen LogP contribution in [0, 0.1) is 11.6 Å². The summed E-state index contributed by atoms with van der Waals surface area (Å²) in [4.78, 5) is 0. The van der Waals surface area contributed by atoms with E-state index in [0.29, 0.717) is 6.04 Å². The van der Waals surface area contributed by atoms with E-state index in [4.69, 9.17) is 0 Å². The average molecular weight is 239 g/mol. The molecule has 1 atom stereocenters. The van der Waals surface area contributed by atoms with Crippen LogP contribution in [0.4, 0.5) is 8.78 Å². The summed E-state index contributed by atoms with van der Waals surface area (Å²) in [6.07, 6.45) is 6.67. The summed E-state index contributed by atoms with van der Waals surface area (Å²) < 4.78 is 26.0. The lowest BCUT2D eigenvalue weighted by Crippen LogP contribution is -2.28. The summed E-state index contributed by atoms with van der Waals surface area (Å²) in [5.74, 6) is -0.956. The van der Waals surface area contributed by atoms with Gasteiger partial charge in [0.1, 0.15) is 11.6 Å². The van der Waals surface area contributed by atoms with Crippen molar-refractivity contribution in [3.8, 4) is 0 Å². The van der Waals surface area contributed by atoms with Crippen molar-refractivity contribution in [2.24, 2.45) is 0 Å². The summed E-state index contributed by atoms with van der Waals surface area (Å²) >= 11 is 0. The fraction of sp³-hybridized carbons (Fsp3) is 0.571. The number of nitrogens with one attached hydrogen (secondary N) is 1. The van der Waals surface area contributed by atoms with Gasteiger partial charge in [-0.05, 0) is 49.9 Å². The Labute approximate surface area is 101 Å². The van der Waals surface area contributed by atoms with Crippen molar-refractivity contribution >= 4 is 0 Å². The predicted octanol–water partition coefficient (Wildman–Crippen LogP) is 3.43. The summed E-state index contributed by atoms with van der Waals surface area (Å²) in [6.45, 7) is 1.07. The zero-order chi connectivity index (χ0) is 12.1. The topological polar surface area (TPSA) is 12.0 Å². The van der Waals surface area contributed by atoms with Gasteiger partial charge in [0.05, 0.1) is 0 Å². The predicted molar refractivity (Wildman–Crippen MR) is 64.9 cm³/mol. The first-order chi connectivity index (χ1) is 8.24. The van der Waals surface area contributed by atoms with Crippen LogP contribution in [0.2, 0.25) is 0 Å². The molecule has 1 nitrogen and oxygen atoms in total. The lowest BCUT2D eigenvalue weighted by Gasteiger charge is -2.15. The van der Waals surface area contributed by atoms with Crippen molar-refractivity contribution in [2.75, 3.05) is 6.54 Å². The number of benzene rings is 1. The number of halogens is 2. The van der Waals surface area contributed by atoms with Crippen LogP contribution >= 0.6 is 0 Å². The van der Waals surface area contributed by atoms with E-state index in [-0.39, 0.29) is 0 Å². The lowest BCUT2D eigenvalue weighted by molar-refractivity contribution is 0.476. The Hall–Kier alpha value is -0.960. The molecule has 0 aromatic heterocycles. The smallest absolute Gasteiger partial charge is 0.126 e. The maximum absolute atomic E-state index is 13.0. The van der Waals surface area contributed by atoms with Gasteiger partial charge in [0.15, 0.2) is 0 Å². The van der Waals surface area contributed by atoms with Crippen molar-refractivity contribution in [1.29, 1.82) is 0 Å². The van der Waals surface area contributed by atoms with E-state index in [1.54, 1.807) is 0 Å². The number of hydrogen-bond acceptors (Lipinski definition) is 1. The van der Waals surface area contributed by atoms with Gasteiger partial charge in [0.25, 0.3) is 0 Å². The van der Waals surface area contributed by atoms with E-state index in [0.717, 1.165) is 31.0 Å². The largest absolute Gasteiger partial charge is 0.314 e. The van der Waals surface area contributed by atoms with Crippen LogP contribution in [-0.2, 0) is 6.42 Å². The van der Waals surface area contributed by atoms with E-state index in [1.165, 1.54) is 37.8 Å². The van der Waals surface area contributed by atoms with Crippen LogP contribution in [0.1, 0.15) is 37.7 Å². The summed E-state index contributed by atoms with van der Waals surface area (Å²) in [7, 11) is 0. The monoisotopic (exact) mass is 239 g/mol. The van der Waals surface area contributed by atoms with E-state index in [2.05, 4.69) is 5.32 Å². The second-order valence-electron chi connectivity index (χ2n) is 4.82. The molecule has 1 fully saturated rings. The van der Waals surface area contributed by atoms with Crippen molar-refractivity contribution in [2.45, 2.75) is 44.6 Å². The molecule has 0 saturated carbocycles. The summed E-state index contributed by atoms with van der Waals surface area (Å²) in [6, 6.07) is 4.29. The highest BCUT2D eigenvalue weighted by Gasteiger charge is 2.11. The lowest BCUT2D eigenvalue weighted by atomic mass is 10.0. The maximum atomic E-state index is 13.0. The van der Waals surface area contributed by atoms with Gasteiger partial charge < -0.3 is 5.32 Å². The van der Waals surface area contributed by atoms with Crippen LogP contribution in [0.5, 0.6) is 0 Å². The minimum absolute atomic E-state index is 0.478. The molecular formula is C14H19F2N. The molecule has 1 N–H and O–H groups in total. The van der Waals surface area contributed by atoms with Crippen LogP contribution < -0.4 is 5.32 Å². The molecule has 1 aliphatic rings. The van der Waals surface area contributed by atoms with Crippen LogP contribution in [0.25, 0.3) is 0 Å². The standard InChI is InChI=1S/C14H19F2N/c15-12-8-11(9-13(16)10-12)5-6-14-4-2-1-3-7-17-14/h8-10,14,17H,1-7H2. The van der Waals surface area contributed by atoms with E-state index in [1.807, 2.05) is 0 Å². The Balaban J connectivity index is 1.87. The number of aryl methyl sites for hydroxylation is 1. The molecule has 17 heavy (non-hydrogen) atoms. The first kappa shape index (κ1) is 12.5. The van der Waals surface area contributed by atoms with Gasteiger partial charge in [-0.25, -0.2) is 8.78 Å². The first-order valence-electron chi connectivity index (χ1n) is 6.42. The van der Waals surface area contributed by atoms with Gasteiger partial charge in [-0.3, -0.25) is 0 Å². The SMILES string of the molecule is Fc1cc(F)cc(CCC2CCCCCN2)c1. The highest BCUT2D eigenvalue weighted by Crippen LogP contribution is 2.15. The summed E-state index contributed by atoms with van der Waals surface area (Å²) in [5.41, 5.74) is 0.758. The van der Waals surface area contributed by atoms with E-state index < -0.39 is 11.6 Å². The molecule has 2 rings (SSSR count). The molecule has 1 aromatic rings. The molecule has 1 saturated heterocycles. The fourth-order valence-electron chi connectivity index (χ4n) is 2.44.